The monoisotopic (exact) mass is 397 g/mol. The lowest BCUT2D eigenvalue weighted by atomic mass is 9.60. The van der Waals surface area contributed by atoms with E-state index in [1.54, 1.807) is 0 Å². The van der Waals surface area contributed by atoms with Crippen LogP contribution in [0.15, 0.2) is 28.8 Å². The highest BCUT2D eigenvalue weighted by Crippen LogP contribution is 2.70. The smallest absolute Gasteiger partial charge is 0.140 e. The van der Waals surface area contributed by atoms with Crippen LogP contribution < -0.4 is 4.74 Å². The first kappa shape index (κ1) is 19.1. The summed E-state index contributed by atoms with van der Waals surface area (Å²) in [5.41, 5.74) is 3.11. The summed E-state index contributed by atoms with van der Waals surface area (Å²) in [6.45, 7) is 9.49. The van der Waals surface area contributed by atoms with Gasteiger partial charge in [0.15, 0.2) is 0 Å². The first-order valence-corrected chi connectivity index (χ1v) is 10.8. The van der Waals surface area contributed by atoms with Crippen molar-refractivity contribution in [2.75, 3.05) is 6.61 Å². The lowest BCUT2D eigenvalue weighted by Gasteiger charge is -2.51. The van der Waals surface area contributed by atoms with Gasteiger partial charge in [0.2, 0.25) is 0 Å². The molecule has 1 aliphatic heterocycles. The average Bonchev–Trinajstić information content (AvgIpc) is 3.32. The molecule has 2 aromatic rings. The molecule has 3 aliphatic rings. The molecule has 29 heavy (non-hydrogen) atoms. The molecule has 3 fully saturated rings. The van der Waals surface area contributed by atoms with Crippen molar-refractivity contribution in [3.8, 4) is 5.75 Å². The van der Waals surface area contributed by atoms with E-state index in [1.807, 2.05) is 26.0 Å². The van der Waals surface area contributed by atoms with Gasteiger partial charge < -0.3 is 19.1 Å². The fourth-order valence-electron chi connectivity index (χ4n) is 6.37. The predicted octanol–water partition coefficient (Wildman–Crippen LogP) is 4.75. The van der Waals surface area contributed by atoms with Gasteiger partial charge in [-0.1, -0.05) is 31.1 Å². The molecule has 1 aromatic carbocycles. The Labute approximate surface area is 172 Å². The Hall–Kier alpha value is -1.85. The molecule has 1 saturated heterocycles. The normalized spacial score (nSPS) is 34.9. The minimum atomic E-state index is -0.234. The molecule has 1 aromatic heterocycles. The molecular weight excluding hydrogens is 366 g/mol. The van der Waals surface area contributed by atoms with Crippen LogP contribution in [0.25, 0.3) is 0 Å². The molecule has 1 N–H and O–H groups in total. The van der Waals surface area contributed by atoms with E-state index >= 15 is 0 Å². The zero-order chi connectivity index (χ0) is 20.4. The first-order chi connectivity index (χ1) is 13.8. The van der Waals surface area contributed by atoms with Gasteiger partial charge in [0.1, 0.15) is 18.1 Å². The van der Waals surface area contributed by atoms with Crippen LogP contribution in [0.2, 0.25) is 0 Å². The van der Waals surface area contributed by atoms with Crippen molar-refractivity contribution in [2.45, 2.75) is 65.8 Å². The van der Waals surface area contributed by atoms with Crippen molar-refractivity contribution in [1.82, 2.24) is 5.16 Å². The molecule has 1 spiro atoms. The Balaban J connectivity index is 1.32. The number of aliphatic hydroxyl groups excluding tert-OH is 1. The van der Waals surface area contributed by atoms with Gasteiger partial charge in [0.25, 0.3) is 0 Å². The summed E-state index contributed by atoms with van der Waals surface area (Å²) in [7, 11) is 0. The van der Waals surface area contributed by atoms with Crippen LogP contribution in [0.5, 0.6) is 5.75 Å². The van der Waals surface area contributed by atoms with E-state index in [0.717, 1.165) is 48.6 Å². The van der Waals surface area contributed by atoms with Gasteiger partial charge in [0, 0.05) is 12.0 Å². The molecule has 2 heterocycles. The van der Waals surface area contributed by atoms with Crippen molar-refractivity contribution in [3.63, 3.8) is 0 Å². The highest BCUT2D eigenvalue weighted by atomic mass is 16.5. The van der Waals surface area contributed by atoms with E-state index in [1.165, 1.54) is 5.56 Å². The number of aromatic nitrogens is 1. The van der Waals surface area contributed by atoms with Gasteiger partial charge in [-0.3, -0.25) is 0 Å². The summed E-state index contributed by atoms with van der Waals surface area (Å²) in [6, 6.07) is 8.28. The number of benzene rings is 1. The van der Waals surface area contributed by atoms with E-state index in [0.29, 0.717) is 18.4 Å². The number of ether oxygens (including phenoxy) is 2. The SMILES string of the molecule is Cc1noc(C)c1COc1ccc([C@H]2OCCC34C[C@@H](C[C@H]23)C(C)(C)[C@H]4O)cc1. The van der Waals surface area contributed by atoms with Crippen LogP contribution in [0.4, 0.5) is 0 Å². The zero-order valence-corrected chi connectivity index (χ0v) is 17.8. The number of nitrogens with zero attached hydrogens (tertiary/aromatic N) is 1. The fraction of sp³-hybridized carbons (Fsp3) is 0.625. The molecular formula is C24H31NO4. The molecule has 1 unspecified atom stereocenters. The van der Waals surface area contributed by atoms with Crippen LogP contribution >= 0.6 is 0 Å². The van der Waals surface area contributed by atoms with Crippen LogP contribution in [-0.4, -0.2) is 23.0 Å². The molecule has 5 nitrogen and oxygen atoms in total. The highest BCUT2D eigenvalue weighted by Gasteiger charge is 2.67. The maximum Gasteiger partial charge on any atom is 0.140 e. The summed E-state index contributed by atoms with van der Waals surface area (Å²) in [5.74, 6) is 2.62. The molecule has 0 amide bonds. The van der Waals surface area contributed by atoms with E-state index < -0.39 is 0 Å². The third kappa shape index (κ3) is 2.77. The summed E-state index contributed by atoms with van der Waals surface area (Å²) in [6.07, 6.45) is 3.11. The minimum absolute atomic E-state index is 0.0221. The molecule has 5 atom stereocenters. The van der Waals surface area contributed by atoms with Crippen LogP contribution in [0.1, 0.15) is 61.8 Å². The largest absolute Gasteiger partial charge is 0.489 e. The van der Waals surface area contributed by atoms with Crippen LogP contribution in [0, 0.1) is 36.5 Å². The van der Waals surface area contributed by atoms with Gasteiger partial charge in [-0.15, -0.1) is 0 Å². The number of hydrogen-bond acceptors (Lipinski definition) is 5. The molecule has 2 bridgehead atoms. The third-order valence-corrected chi connectivity index (χ3v) is 8.21. The van der Waals surface area contributed by atoms with Crippen LogP contribution in [0.3, 0.4) is 0 Å². The molecule has 5 rings (SSSR count). The Morgan fingerprint density at radius 1 is 1.21 bits per heavy atom. The van der Waals surface area contributed by atoms with Gasteiger partial charge in [-0.2, -0.15) is 0 Å². The minimum Gasteiger partial charge on any atom is -0.489 e. The first-order valence-electron chi connectivity index (χ1n) is 10.8. The maximum absolute atomic E-state index is 11.2. The average molecular weight is 398 g/mol. The second-order valence-electron chi connectivity index (χ2n) is 9.90. The Morgan fingerprint density at radius 2 is 1.97 bits per heavy atom. The molecule has 156 valence electrons. The number of rotatable bonds is 4. The van der Waals surface area contributed by atoms with Gasteiger partial charge in [-0.05, 0) is 68.1 Å². The number of aryl methyl sites for hydroxylation is 2. The van der Waals surface area contributed by atoms with Gasteiger partial charge in [0.05, 0.1) is 23.5 Å². The topological polar surface area (TPSA) is 64.7 Å². The van der Waals surface area contributed by atoms with Crippen molar-refractivity contribution in [1.29, 1.82) is 0 Å². The van der Waals surface area contributed by atoms with E-state index in [9.17, 15) is 5.11 Å². The van der Waals surface area contributed by atoms with Crippen molar-refractivity contribution in [3.05, 3.63) is 46.8 Å². The summed E-state index contributed by atoms with van der Waals surface area (Å²) >= 11 is 0. The number of aliphatic hydroxyl groups is 1. The van der Waals surface area contributed by atoms with Crippen LogP contribution in [-0.2, 0) is 11.3 Å². The zero-order valence-electron chi connectivity index (χ0n) is 17.8. The van der Waals surface area contributed by atoms with E-state index in [2.05, 4.69) is 31.1 Å². The lowest BCUT2D eigenvalue weighted by Crippen LogP contribution is -2.51. The number of fused-ring (bicyclic) bond motifs is 1. The second kappa shape index (κ2) is 6.58. The lowest BCUT2D eigenvalue weighted by molar-refractivity contribution is -0.164. The molecule has 0 radical (unpaired) electrons. The van der Waals surface area contributed by atoms with Crippen molar-refractivity contribution in [2.24, 2.45) is 22.7 Å². The standard InChI is InChI=1S/C24H31NO4/c1-14-19(15(2)29-25-14)13-28-18-7-5-16(6-8-18)21-20-11-17-12-24(20,9-10-27-21)22(26)23(17,3)4/h5-8,17,20-22,26H,9-13H2,1-4H3/t17-,20-,21-,22-,24?/m1/s1. The van der Waals surface area contributed by atoms with E-state index in [-0.39, 0.29) is 23.0 Å². The van der Waals surface area contributed by atoms with Crippen molar-refractivity contribution < 1.29 is 19.1 Å². The highest BCUT2D eigenvalue weighted by molar-refractivity contribution is 5.31. The van der Waals surface area contributed by atoms with Crippen molar-refractivity contribution >= 4 is 0 Å². The molecule has 2 aliphatic carbocycles. The summed E-state index contributed by atoms with van der Waals surface area (Å²) < 4.78 is 17.4. The number of hydrogen-bond donors (Lipinski definition) is 1. The Morgan fingerprint density at radius 3 is 2.62 bits per heavy atom. The maximum atomic E-state index is 11.2. The fourth-order valence-corrected chi connectivity index (χ4v) is 6.37. The summed E-state index contributed by atoms with van der Waals surface area (Å²) in [4.78, 5) is 0. The molecule has 5 heteroatoms. The third-order valence-electron chi connectivity index (χ3n) is 8.21. The Bertz CT molecular complexity index is 883. The second-order valence-corrected chi connectivity index (χ2v) is 9.90. The van der Waals surface area contributed by atoms with E-state index in [4.69, 9.17) is 14.0 Å². The predicted molar refractivity (Wildman–Crippen MR) is 108 cm³/mol. The quantitative estimate of drug-likeness (QED) is 0.807. The van der Waals surface area contributed by atoms with Gasteiger partial charge in [-0.25, -0.2) is 0 Å². The van der Waals surface area contributed by atoms with Gasteiger partial charge >= 0.3 is 0 Å². The molecule has 2 saturated carbocycles. The Kier molecular flexibility index (Phi) is 4.34. The summed E-state index contributed by atoms with van der Waals surface area (Å²) in [5, 5.41) is 15.1.